The highest BCUT2D eigenvalue weighted by Gasteiger charge is 2.38. The number of hydrogen-bond acceptors (Lipinski definition) is 3. The molecule has 4 rings (SSSR count). The lowest BCUT2D eigenvalue weighted by Crippen LogP contribution is -2.43. The van der Waals surface area contributed by atoms with Crippen LogP contribution >= 0.6 is 12.4 Å². The first kappa shape index (κ1) is 20.2. The largest absolute Gasteiger partial charge is 0.348 e. The van der Waals surface area contributed by atoms with Crippen molar-refractivity contribution in [2.75, 3.05) is 11.4 Å². The number of carbonyl (C=O) groups is 2. The van der Waals surface area contributed by atoms with Crippen molar-refractivity contribution in [2.45, 2.75) is 70.0 Å². The zero-order valence-corrected chi connectivity index (χ0v) is 16.8. The molecule has 2 N–H and O–H groups in total. The Bertz CT molecular complexity index is 665. The summed E-state index contributed by atoms with van der Waals surface area (Å²) in [4.78, 5) is 26.4. The van der Waals surface area contributed by atoms with Gasteiger partial charge in [-0.1, -0.05) is 25.0 Å². The number of fused-ring (bicyclic) bond motifs is 1. The molecule has 1 saturated carbocycles. The molecule has 1 aromatic rings. The lowest BCUT2D eigenvalue weighted by molar-refractivity contribution is -0.123. The molecule has 2 saturated heterocycles. The van der Waals surface area contributed by atoms with Crippen LogP contribution in [0, 0.1) is 5.92 Å². The second kappa shape index (κ2) is 8.61. The quantitative estimate of drug-likeness (QED) is 0.827. The summed E-state index contributed by atoms with van der Waals surface area (Å²) in [6.07, 6.45) is 7.60. The molecule has 0 bridgehead atoms. The van der Waals surface area contributed by atoms with Crippen molar-refractivity contribution < 1.29 is 9.59 Å². The van der Waals surface area contributed by atoms with E-state index in [1.807, 2.05) is 36.1 Å². The van der Waals surface area contributed by atoms with Crippen LogP contribution in [0.4, 0.5) is 5.69 Å². The van der Waals surface area contributed by atoms with Crippen molar-refractivity contribution in [1.82, 2.24) is 10.6 Å². The summed E-state index contributed by atoms with van der Waals surface area (Å²) in [6.45, 7) is 2.83. The second-order valence-electron chi connectivity index (χ2n) is 8.08. The van der Waals surface area contributed by atoms with Crippen LogP contribution in [0.1, 0.15) is 63.5 Å². The molecule has 2 heterocycles. The van der Waals surface area contributed by atoms with Crippen molar-refractivity contribution >= 4 is 29.9 Å². The van der Waals surface area contributed by atoms with Crippen LogP contribution in [0.5, 0.6) is 0 Å². The molecular weight excluding hydrogens is 362 g/mol. The van der Waals surface area contributed by atoms with Crippen LogP contribution in [0.2, 0.25) is 0 Å². The maximum atomic E-state index is 12.7. The highest BCUT2D eigenvalue weighted by Crippen LogP contribution is 2.33. The van der Waals surface area contributed by atoms with E-state index < -0.39 is 0 Å². The first-order chi connectivity index (χ1) is 12.6. The van der Waals surface area contributed by atoms with Crippen molar-refractivity contribution in [3.8, 4) is 0 Å². The molecule has 4 unspecified atom stereocenters. The van der Waals surface area contributed by atoms with E-state index in [-0.39, 0.29) is 36.3 Å². The van der Waals surface area contributed by atoms with Gasteiger partial charge >= 0.3 is 0 Å². The highest BCUT2D eigenvalue weighted by molar-refractivity contribution is 5.95. The Morgan fingerprint density at radius 3 is 2.59 bits per heavy atom. The maximum absolute atomic E-state index is 12.7. The van der Waals surface area contributed by atoms with Crippen molar-refractivity contribution in [3.05, 3.63) is 29.8 Å². The molecule has 1 aliphatic carbocycles. The molecule has 5 nitrogen and oxygen atoms in total. The first-order valence-corrected chi connectivity index (χ1v) is 10.1. The molecule has 2 aliphatic heterocycles. The fourth-order valence-corrected chi connectivity index (χ4v) is 4.78. The third-order valence-corrected chi connectivity index (χ3v) is 6.32. The van der Waals surface area contributed by atoms with Gasteiger partial charge in [0.05, 0.1) is 12.1 Å². The Labute approximate surface area is 167 Å². The summed E-state index contributed by atoms with van der Waals surface area (Å²) in [7, 11) is 0. The van der Waals surface area contributed by atoms with Gasteiger partial charge in [0, 0.05) is 24.7 Å². The number of benzene rings is 1. The Hall–Kier alpha value is -1.59. The van der Waals surface area contributed by atoms with E-state index in [0.29, 0.717) is 18.4 Å². The van der Waals surface area contributed by atoms with Crippen LogP contribution in [0.25, 0.3) is 0 Å². The first-order valence-electron chi connectivity index (χ1n) is 10.1. The second-order valence-corrected chi connectivity index (χ2v) is 8.08. The molecule has 4 atom stereocenters. The maximum Gasteiger partial charge on any atom is 0.237 e. The topological polar surface area (TPSA) is 61.4 Å². The molecule has 0 spiro atoms. The summed E-state index contributed by atoms with van der Waals surface area (Å²) in [5.74, 6) is 0.991. The van der Waals surface area contributed by atoms with Gasteiger partial charge < -0.3 is 15.5 Å². The van der Waals surface area contributed by atoms with Gasteiger partial charge in [-0.05, 0) is 56.2 Å². The van der Waals surface area contributed by atoms with Gasteiger partial charge in [-0.15, -0.1) is 12.4 Å². The van der Waals surface area contributed by atoms with E-state index in [1.165, 1.54) is 25.7 Å². The number of rotatable bonds is 4. The molecule has 6 heteroatoms. The lowest BCUT2D eigenvalue weighted by Gasteiger charge is -2.24. The predicted molar refractivity (Wildman–Crippen MR) is 109 cm³/mol. The van der Waals surface area contributed by atoms with Crippen LogP contribution in [0.3, 0.4) is 0 Å². The molecule has 3 fully saturated rings. The number of hydrogen-bond donors (Lipinski definition) is 2. The Morgan fingerprint density at radius 1 is 1.19 bits per heavy atom. The predicted octanol–water partition coefficient (Wildman–Crippen LogP) is 3.33. The van der Waals surface area contributed by atoms with E-state index in [1.54, 1.807) is 0 Å². The minimum Gasteiger partial charge on any atom is -0.348 e. The van der Waals surface area contributed by atoms with Gasteiger partial charge in [-0.2, -0.15) is 0 Å². The van der Waals surface area contributed by atoms with Gasteiger partial charge in [-0.3, -0.25) is 9.59 Å². The van der Waals surface area contributed by atoms with E-state index >= 15 is 0 Å². The fraction of sp³-hybridized carbons (Fsp3) is 0.619. The Morgan fingerprint density at radius 2 is 1.93 bits per heavy atom. The van der Waals surface area contributed by atoms with E-state index in [9.17, 15) is 9.59 Å². The number of amides is 2. The van der Waals surface area contributed by atoms with E-state index in [2.05, 4.69) is 10.6 Å². The van der Waals surface area contributed by atoms with E-state index in [4.69, 9.17) is 0 Å². The minimum atomic E-state index is -0.0490. The number of carbonyl (C=O) groups excluding carboxylic acids is 2. The third-order valence-electron chi connectivity index (χ3n) is 6.32. The number of nitrogens with one attached hydrogen (secondary N) is 2. The van der Waals surface area contributed by atoms with Crippen LogP contribution in [-0.4, -0.2) is 30.4 Å². The van der Waals surface area contributed by atoms with E-state index in [0.717, 1.165) is 30.6 Å². The third kappa shape index (κ3) is 4.30. The van der Waals surface area contributed by atoms with Gasteiger partial charge in [0.2, 0.25) is 11.8 Å². The summed E-state index contributed by atoms with van der Waals surface area (Å²) in [5.41, 5.74) is 2.03. The fourth-order valence-electron chi connectivity index (χ4n) is 4.78. The number of halogens is 1. The molecule has 0 aromatic heterocycles. The zero-order valence-electron chi connectivity index (χ0n) is 15.9. The number of nitrogens with zero attached hydrogens (tertiary/aromatic N) is 1. The molecule has 0 radical (unpaired) electrons. The van der Waals surface area contributed by atoms with Crippen LogP contribution in [0.15, 0.2) is 24.3 Å². The standard InChI is InChI=1S/C21H29N3O2.ClH/c1-14(15-8-10-17(11-9-15)24-12-4-7-20(24)25)22-21(26)19-13-16-5-2-3-6-18(16)23-19;/h8-11,14,16,18-19,23H,2-7,12-13H2,1H3,(H,22,26);1H. The van der Waals surface area contributed by atoms with Gasteiger partial charge in [0.15, 0.2) is 0 Å². The van der Waals surface area contributed by atoms with Gasteiger partial charge in [-0.25, -0.2) is 0 Å². The summed E-state index contributed by atoms with van der Waals surface area (Å²) < 4.78 is 0. The van der Waals surface area contributed by atoms with Crippen molar-refractivity contribution in [2.24, 2.45) is 5.92 Å². The SMILES string of the molecule is CC(NC(=O)C1CC2CCCCC2N1)c1ccc(N2CCCC2=O)cc1.Cl. The highest BCUT2D eigenvalue weighted by atomic mass is 35.5. The van der Waals surface area contributed by atoms with Crippen LogP contribution < -0.4 is 15.5 Å². The molecule has 1 aromatic carbocycles. The normalized spacial score (nSPS) is 28.4. The molecule has 2 amide bonds. The summed E-state index contributed by atoms with van der Waals surface area (Å²) in [5, 5.41) is 6.71. The Balaban J connectivity index is 0.00000210. The number of anilines is 1. The van der Waals surface area contributed by atoms with Gasteiger partial charge in [0.25, 0.3) is 0 Å². The minimum absolute atomic E-state index is 0. The molecule has 3 aliphatic rings. The monoisotopic (exact) mass is 391 g/mol. The summed E-state index contributed by atoms with van der Waals surface area (Å²) >= 11 is 0. The zero-order chi connectivity index (χ0) is 18.1. The molecule has 148 valence electrons. The average molecular weight is 392 g/mol. The lowest BCUT2D eigenvalue weighted by atomic mass is 9.85. The molecular formula is C21H30ClN3O2. The van der Waals surface area contributed by atoms with Gasteiger partial charge in [0.1, 0.15) is 0 Å². The Kier molecular flexibility index (Phi) is 6.43. The van der Waals surface area contributed by atoms with Crippen molar-refractivity contribution in [1.29, 1.82) is 0 Å². The van der Waals surface area contributed by atoms with Crippen molar-refractivity contribution in [3.63, 3.8) is 0 Å². The average Bonchev–Trinajstić information content (AvgIpc) is 3.27. The summed E-state index contributed by atoms with van der Waals surface area (Å²) in [6, 6.07) is 8.48. The van der Waals surface area contributed by atoms with Crippen LogP contribution in [-0.2, 0) is 9.59 Å². The molecule has 27 heavy (non-hydrogen) atoms. The smallest absolute Gasteiger partial charge is 0.237 e.